The molecule has 0 aromatic heterocycles. The first-order valence-electron chi connectivity index (χ1n) is 32.0. The number of rotatable bonds is 37. The van der Waals surface area contributed by atoms with Crippen molar-refractivity contribution in [1.29, 1.82) is 0 Å². The molecule has 0 aliphatic heterocycles. The van der Waals surface area contributed by atoms with Crippen LogP contribution >= 0.6 is 23.5 Å². The molecule has 3 aromatic carbocycles. The van der Waals surface area contributed by atoms with Crippen LogP contribution in [0.1, 0.15) is 225 Å². The molecule has 0 radical (unpaired) electrons. The summed E-state index contributed by atoms with van der Waals surface area (Å²) in [4.78, 5) is 63.9. The fourth-order valence-electron chi connectivity index (χ4n) is 9.35. The van der Waals surface area contributed by atoms with E-state index in [9.17, 15) is 32.9 Å². The average molecular weight is 1410 g/mol. The summed E-state index contributed by atoms with van der Waals surface area (Å²) in [5.41, 5.74) is 6.16. The summed E-state index contributed by atoms with van der Waals surface area (Å²) < 4.78 is 128. The zero-order valence-corrected chi connectivity index (χ0v) is 60.5. The fourth-order valence-corrected chi connectivity index (χ4v) is 11.1. The minimum atomic E-state index is -4.51. The van der Waals surface area contributed by atoms with Crippen molar-refractivity contribution in [1.82, 2.24) is 0 Å². The molecule has 27 nitrogen and oxygen atoms in total. The summed E-state index contributed by atoms with van der Waals surface area (Å²) >= 11 is 0. The highest BCUT2D eigenvalue weighted by molar-refractivity contribution is 7.48. The SMILES string of the molecule is CC(C)OC(=O)OCOP(=O)(OCOC(=O)OC(C)C)OCOc1c(C(C)C)cccc1[C@H](C)C1CC1.CC(C)OC(=O)OCOP(=O)(OCOC(=O)OC(C)C)OCOc1c(C(C)C)cccc1[C@H](C)C1CC1.CC(C)c1cccc([C@H](C)C2CC2)c1OCOP(=O)(O)O. The van der Waals surface area contributed by atoms with Crippen molar-refractivity contribution in [3.63, 3.8) is 0 Å². The second-order valence-corrected chi connectivity index (χ2v) is 29.5. The molecule has 0 amide bonds. The molecule has 2 N–H and O–H groups in total. The van der Waals surface area contributed by atoms with Crippen LogP contribution in [0.15, 0.2) is 54.6 Å². The summed E-state index contributed by atoms with van der Waals surface area (Å²) in [6, 6.07) is 18.0. The first-order chi connectivity index (χ1) is 44.6. The molecule has 30 heteroatoms. The van der Waals surface area contributed by atoms with Gasteiger partial charge in [0.15, 0.2) is 20.4 Å². The smallest absolute Gasteiger partial charge is 0.466 e. The van der Waals surface area contributed by atoms with Crippen LogP contribution in [-0.2, 0) is 83.3 Å². The van der Waals surface area contributed by atoms with Gasteiger partial charge in [0.2, 0.25) is 27.2 Å². The van der Waals surface area contributed by atoms with Gasteiger partial charge in [0, 0.05) is 0 Å². The van der Waals surface area contributed by atoms with Crippen molar-refractivity contribution in [2.45, 2.75) is 216 Å². The number of para-hydroxylation sites is 3. The van der Waals surface area contributed by atoms with Crippen LogP contribution in [-0.4, -0.2) is 106 Å². The number of hydrogen-bond acceptors (Lipinski definition) is 25. The first-order valence-corrected chi connectivity index (χ1v) is 36.5. The lowest BCUT2D eigenvalue weighted by Gasteiger charge is -2.23. The van der Waals surface area contributed by atoms with E-state index in [-0.39, 0.29) is 29.6 Å². The van der Waals surface area contributed by atoms with E-state index < -0.39 is 120 Å². The zero-order valence-electron chi connectivity index (χ0n) is 57.8. The summed E-state index contributed by atoms with van der Waals surface area (Å²) in [5, 5.41) is 0. The van der Waals surface area contributed by atoms with Crippen molar-refractivity contribution >= 4 is 48.1 Å². The average Bonchev–Trinajstić information content (AvgIpc) is 1.73. The second-order valence-electron chi connectivity index (χ2n) is 24.9. The molecular weight excluding hydrogens is 1310 g/mol. The maximum absolute atomic E-state index is 13.2. The third-order valence-electron chi connectivity index (χ3n) is 14.7. The Morgan fingerprint density at radius 1 is 0.347 bits per heavy atom. The molecular formula is C65H101O27P3. The van der Waals surface area contributed by atoms with E-state index in [0.717, 1.165) is 33.4 Å². The zero-order chi connectivity index (χ0) is 70.8. The molecule has 0 saturated heterocycles. The first kappa shape index (κ1) is 81.9. The van der Waals surface area contributed by atoms with Crippen molar-refractivity contribution in [3.05, 3.63) is 88.0 Å². The van der Waals surface area contributed by atoms with Crippen LogP contribution in [0.4, 0.5) is 19.2 Å². The number of hydrogen-bond donors (Lipinski definition) is 2. The molecule has 3 aliphatic carbocycles. The highest BCUT2D eigenvalue weighted by Gasteiger charge is 2.36. The monoisotopic (exact) mass is 1410 g/mol. The van der Waals surface area contributed by atoms with Gasteiger partial charge in [-0.2, -0.15) is 0 Å². The Morgan fingerprint density at radius 2 is 0.558 bits per heavy atom. The Labute approximate surface area is 559 Å². The lowest BCUT2D eigenvalue weighted by Crippen LogP contribution is -2.17. The van der Waals surface area contributed by atoms with Gasteiger partial charge < -0.3 is 61.9 Å². The molecule has 0 heterocycles. The molecule has 6 rings (SSSR count). The normalized spacial score (nSPS) is 15.1. The predicted octanol–water partition coefficient (Wildman–Crippen LogP) is 17.5. The standard InChI is InChI=1S/2C25H39O11P.C15H23O5P/c2*1-16(2)21-9-8-10-22(19(7)20-11-12-20)23(21)29-13-32-37(28,33-14-30-24(26)35-17(3)4)34-15-31-25(27)36-18(5)6;1-10(2)13-5-4-6-14(11(3)12-7-8-12)15(13)19-9-20-21(16,17)18/h2*8-10,16-20H,11-15H2,1-7H3;4-6,10-12H,7-9H2,1-3H3,(H2,16,17,18)/t2*19-;11-/m111/s1. The van der Waals surface area contributed by atoms with E-state index >= 15 is 0 Å². The number of ether oxygens (including phenoxy) is 11. The molecule has 3 saturated carbocycles. The van der Waals surface area contributed by atoms with Crippen molar-refractivity contribution < 1.29 is 126 Å². The van der Waals surface area contributed by atoms with E-state index in [1.165, 1.54) is 38.5 Å². The molecule has 3 atom stereocenters. The molecule has 95 heavy (non-hydrogen) atoms. The molecule has 3 aromatic rings. The Morgan fingerprint density at radius 3 is 0.758 bits per heavy atom. The van der Waals surface area contributed by atoms with Gasteiger partial charge in [0.25, 0.3) is 0 Å². The highest BCUT2D eigenvalue weighted by atomic mass is 31.2. The largest absolute Gasteiger partial charge is 0.510 e. The van der Waals surface area contributed by atoms with Crippen molar-refractivity contribution in [2.75, 3.05) is 47.6 Å². The number of phosphoric acid groups is 3. The number of carbonyl (C=O) groups excluding carboxylic acids is 4. The number of phosphoric ester groups is 3. The minimum absolute atomic E-state index is 0.168. The lowest BCUT2D eigenvalue weighted by atomic mass is 9.90. The molecule has 3 fully saturated rings. The van der Waals surface area contributed by atoms with Gasteiger partial charge in [-0.3, -0.25) is 0 Å². The molecule has 0 unspecified atom stereocenters. The Kier molecular flexibility index (Phi) is 34.3. The lowest BCUT2D eigenvalue weighted by molar-refractivity contribution is -0.0557. The summed E-state index contributed by atoms with van der Waals surface area (Å²) in [6.45, 7) is 27.3. The minimum Gasteiger partial charge on any atom is -0.466 e. The third-order valence-corrected chi connectivity index (χ3v) is 17.7. The Hall–Kier alpha value is -5.53. The number of carbonyl (C=O) groups is 4. The van der Waals surface area contributed by atoms with Crippen LogP contribution < -0.4 is 14.2 Å². The van der Waals surface area contributed by atoms with E-state index in [1.807, 2.05) is 82.3 Å². The Bertz CT molecular complexity index is 2790. The van der Waals surface area contributed by atoms with E-state index in [4.69, 9.17) is 89.0 Å². The molecule has 3 aliphatic rings. The van der Waals surface area contributed by atoms with Gasteiger partial charge in [0.1, 0.15) is 17.2 Å². The van der Waals surface area contributed by atoms with Crippen LogP contribution in [0.25, 0.3) is 0 Å². The Balaban J connectivity index is 0.000000315. The topological polar surface area (TPSA) is 326 Å². The van der Waals surface area contributed by atoms with Gasteiger partial charge >= 0.3 is 48.1 Å². The summed E-state index contributed by atoms with van der Waals surface area (Å²) in [7, 11) is -13.3. The summed E-state index contributed by atoms with van der Waals surface area (Å²) in [5.74, 6) is 5.43. The predicted molar refractivity (Wildman–Crippen MR) is 347 cm³/mol. The maximum Gasteiger partial charge on any atom is 0.510 e. The van der Waals surface area contributed by atoms with Crippen LogP contribution in [0.5, 0.6) is 17.2 Å². The molecule has 538 valence electrons. The van der Waals surface area contributed by atoms with Crippen LogP contribution in [0, 0.1) is 17.8 Å². The van der Waals surface area contributed by atoms with E-state index in [1.54, 1.807) is 55.4 Å². The number of benzene rings is 3. The van der Waals surface area contributed by atoms with Crippen molar-refractivity contribution in [2.24, 2.45) is 17.8 Å². The van der Waals surface area contributed by atoms with Gasteiger partial charge in [0.05, 0.1) is 24.4 Å². The van der Waals surface area contributed by atoms with E-state index in [2.05, 4.69) is 39.1 Å². The molecule has 0 bridgehead atoms. The third kappa shape index (κ3) is 30.8. The highest BCUT2D eigenvalue weighted by Crippen LogP contribution is 2.53. The van der Waals surface area contributed by atoms with Gasteiger partial charge in [-0.25, -0.2) is 64.5 Å². The summed E-state index contributed by atoms with van der Waals surface area (Å²) in [6.07, 6.45) is 1.31. The van der Waals surface area contributed by atoms with E-state index in [0.29, 0.717) is 40.9 Å². The second kappa shape index (κ2) is 39.8. The maximum atomic E-state index is 13.2. The fraction of sp³-hybridized carbons (Fsp3) is 0.662. The van der Waals surface area contributed by atoms with Gasteiger partial charge in [-0.15, -0.1) is 0 Å². The van der Waals surface area contributed by atoms with Crippen LogP contribution in [0.3, 0.4) is 0 Å². The van der Waals surface area contributed by atoms with Gasteiger partial charge in [-0.05, 0) is 181 Å². The van der Waals surface area contributed by atoms with Crippen molar-refractivity contribution in [3.8, 4) is 17.2 Å². The van der Waals surface area contributed by atoms with Gasteiger partial charge in [-0.1, -0.05) is 117 Å². The quantitative estimate of drug-likeness (QED) is 0.0234. The van der Waals surface area contributed by atoms with Crippen LogP contribution in [0.2, 0.25) is 0 Å². The molecule has 0 spiro atoms.